The summed E-state index contributed by atoms with van der Waals surface area (Å²) < 4.78 is 7.19. The molecule has 210 valence electrons. The Morgan fingerprint density at radius 1 is 0.951 bits per heavy atom. The summed E-state index contributed by atoms with van der Waals surface area (Å²) in [5.41, 5.74) is 2.87. The smallest absolute Gasteiger partial charge is 0.251 e. The molecule has 2 N–H and O–H groups in total. The molecule has 41 heavy (non-hydrogen) atoms. The highest BCUT2D eigenvalue weighted by atomic mass is 35.5. The molecule has 0 saturated carbocycles. The Bertz CT molecular complexity index is 1520. The summed E-state index contributed by atoms with van der Waals surface area (Å²) in [4.78, 5) is 25.9. The minimum absolute atomic E-state index is 0.0595. The monoisotopic (exact) mass is 569 g/mol. The number of carbonyl (C=O) groups excluding carboxylic acids is 2. The summed E-state index contributed by atoms with van der Waals surface area (Å²) in [5, 5.41) is 21.3. The zero-order valence-corrected chi connectivity index (χ0v) is 23.9. The number of ketones is 1. The van der Waals surface area contributed by atoms with Gasteiger partial charge >= 0.3 is 0 Å². The maximum Gasteiger partial charge on any atom is 0.251 e. The van der Waals surface area contributed by atoms with Crippen LogP contribution in [0.5, 0.6) is 5.75 Å². The molecule has 9 heteroatoms. The molecule has 4 rings (SSSR count). The summed E-state index contributed by atoms with van der Waals surface area (Å²) >= 11 is 6.07. The van der Waals surface area contributed by atoms with E-state index < -0.39 is 0 Å². The van der Waals surface area contributed by atoms with Gasteiger partial charge in [-0.1, -0.05) is 54.8 Å². The second-order valence-corrected chi connectivity index (χ2v) is 9.97. The highest BCUT2D eigenvalue weighted by molar-refractivity contribution is 6.30. The molecule has 0 unspecified atom stereocenters. The van der Waals surface area contributed by atoms with Crippen LogP contribution in [0.15, 0.2) is 72.8 Å². The van der Waals surface area contributed by atoms with Crippen molar-refractivity contribution >= 4 is 29.1 Å². The molecule has 0 saturated heterocycles. The fraction of sp³-hybridized carbons (Fsp3) is 0.250. The van der Waals surface area contributed by atoms with Gasteiger partial charge in [-0.25, -0.2) is 4.68 Å². The van der Waals surface area contributed by atoms with E-state index in [9.17, 15) is 14.9 Å². The molecule has 0 fully saturated rings. The van der Waals surface area contributed by atoms with Crippen molar-refractivity contribution in [3.63, 3.8) is 0 Å². The maximum atomic E-state index is 13.3. The minimum Gasteiger partial charge on any atom is -0.494 e. The Labute approximate surface area is 244 Å². The van der Waals surface area contributed by atoms with Gasteiger partial charge in [0.2, 0.25) is 5.78 Å². The third-order valence-corrected chi connectivity index (χ3v) is 6.66. The fourth-order valence-electron chi connectivity index (χ4n) is 4.09. The number of anilines is 1. The molecule has 4 aromatic rings. The van der Waals surface area contributed by atoms with Gasteiger partial charge in [-0.15, -0.1) is 0 Å². The number of amides is 1. The molecule has 0 spiro atoms. The van der Waals surface area contributed by atoms with E-state index in [-0.39, 0.29) is 22.9 Å². The van der Waals surface area contributed by atoms with E-state index in [4.69, 9.17) is 16.3 Å². The third-order valence-electron chi connectivity index (χ3n) is 6.41. The van der Waals surface area contributed by atoms with Crippen molar-refractivity contribution in [3.05, 3.63) is 106 Å². The Balaban J connectivity index is 1.44. The second-order valence-electron chi connectivity index (χ2n) is 9.53. The van der Waals surface area contributed by atoms with Crippen LogP contribution in [-0.2, 0) is 0 Å². The number of nitrogens with one attached hydrogen (secondary N) is 2. The molecular formula is C32H32ClN5O3. The number of aromatic nitrogens is 2. The lowest BCUT2D eigenvalue weighted by Crippen LogP contribution is -2.26. The van der Waals surface area contributed by atoms with E-state index in [0.717, 1.165) is 24.2 Å². The van der Waals surface area contributed by atoms with Crippen molar-refractivity contribution in [1.29, 1.82) is 5.26 Å². The van der Waals surface area contributed by atoms with Crippen molar-refractivity contribution in [2.75, 3.05) is 25.0 Å². The van der Waals surface area contributed by atoms with Crippen LogP contribution in [0.3, 0.4) is 0 Å². The lowest BCUT2D eigenvalue weighted by Gasteiger charge is -2.11. The third kappa shape index (κ3) is 7.53. The zero-order valence-electron chi connectivity index (χ0n) is 23.1. The van der Waals surface area contributed by atoms with Crippen molar-refractivity contribution in [1.82, 2.24) is 15.1 Å². The average Bonchev–Trinajstić information content (AvgIpc) is 3.36. The summed E-state index contributed by atoms with van der Waals surface area (Å²) in [6.07, 6.45) is 2.61. The number of hydrogen-bond donors (Lipinski definition) is 2. The topological polar surface area (TPSA) is 109 Å². The van der Waals surface area contributed by atoms with Gasteiger partial charge in [0, 0.05) is 29.2 Å². The van der Waals surface area contributed by atoms with Crippen LogP contribution in [0, 0.1) is 18.3 Å². The first-order valence-electron chi connectivity index (χ1n) is 13.6. The van der Waals surface area contributed by atoms with Crippen molar-refractivity contribution in [2.24, 2.45) is 0 Å². The SMILES string of the molecule is CCCCOc1ccc(C(=O)NCCCNc2c(C#N)c(C(=O)c3ccc(C)cc3)nn2-c2ccc(Cl)cc2)cc1. The van der Waals surface area contributed by atoms with Gasteiger partial charge < -0.3 is 15.4 Å². The molecule has 1 aromatic heterocycles. The normalized spacial score (nSPS) is 10.6. The second kappa shape index (κ2) is 14.1. The Hall–Kier alpha value is -4.61. The Morgan fingerprint density at radius 2 is 1.63 bits per heavy atom. The predicted octanol–water partition coefficient (Wildman–Crippen LogP) is 6.35. The zero-order chi connectivity index (χ0) is 29.2. The lowest BCUT2D eigenvalue weighted by atomic mass is 10.0. The molecule has 0 radical (unpaired) electrons. The number of ether oxygens (including phenoxy) is 1. The van der Waals surface area contributed by atoms with E-state index >= 15 is 0 Å². The molecule has 0 bridgehead atoms. The van der Waals surface area contributed by atoms with Crippen LogP contribution in [0.4, 0.5) is 5.82 Å². The summed E-state index contributed by atoms with van der Waals surface area (Å²) in [7, 11) is 0. The van der Waals surface area contributed by atoms with Crippen molar-refractivity contribution in [3.8, 4) is 17.5 Å². The highest BCUT2D eigenvalue weighted by Gasteiger charge is 2.25. The summed E-state index contributed by atoms with van der Waals surface area (Å²) in [6, 6.07) is 23.3. The predicted molar refractivity (Wildman–Crippen MR) is 160 cm³/mol. The number of rotatable bonds is 13. The van der Waals surface area contributed by atoms with Crippen LogP contribution in [-0.4, -0.2) is 41.2 Å². The molecule has 1 heterocycles. The molecule has 3 aromatic carbocycles. The number of benzene rings is 3. The highest BCUT2D eigenvalue weighted by Crippen LogP contribution is 2.26. The van der Waals surface area contributed by atoms with Gasteiger partial charge in [-0.3, -0.25) is 9.59 Å². The van der Waals surface area contributed by atoms with Crippen molar-refractivity contribution < 1.29 is 14.3 Å². The van der Waals surface area contributed by atoms with Crippen LogP contribution >= 0.6 is 11.6 Å². The van der Waals surface area contributed by atoms with E-state index in [2.05, 4.69) is 28.7 Å². The first-order valence-corrected chi connectivity index (χ1v) is 13.9. The van der Waals surface area contributed by atoms with Gasteiger partial charge in [0.1, 0.15) is 23.2 Å². The van der Waals surface area contributed by atoms with Crippen LogP contribution in [0.2, 0.25) is 5.02 Å². The standard InChI is InChI=1S/C32H32ClN5O3/c1-3-4-20-41-27-16-10-24(11-17-27)32(40)36-19-5-18-35-31-28(21-34)29(30(39)23-8-6-22(2)7-9-23)37-38(31)26-14-12-25(33)13-15-26/h6-17,35H,3-5,18-20H2,1-2H3,(H,36,40). The molecule has 0 aliphatic carbocycles. The molecule has 0 aliphatic heterocycles. The molecule has 0 aliphatic rings. The number of carbonyl (C=O) groups is 2. The van der Waals surface area contributed by atoms with Crippen LogP contribution < -0.4 is 15.4 Å². The fourth-order valence-corrected chi connectivity index (χ4v) is 4.22. The van der Waals surface area contributed by atoms with E-state index in [0.29, 0.717) is 53.8 Å². The number of hydrogen-bond acceptors (Lipinski definition) is 6. The quantitative estimate of drug-likeness (QED) is 0.143. The first kappa shape index (κ1) is 29.4. The molecular weight excluding hydrogens is 538 g/mol. The summed E-state index contributed by atoms with van der Waals surface area (Å²) in [6.45, 7) is 5.53. The minimum atomic E-state index is -0.341. The van der Waals surface area contributed by atoms with Gasteiger partial charge in [0.25, 0.3) is 5.91 Å². The number of unbranched alkanes of at least 4 members (excludes halogenated alkanes) is 1. The summed E-state index contributed by atoms with van der Waals surface area (Å²) in [5.74, 6) is 0.617. The molecule has 1 amide bonds. The maximum absolute atomic E-state index is 13.3. The number of nitrogens with zero attached hydrogens (tertiary/aromatic N) is 3. The van der Waals surface area contributed by atoms with Gasteiger partial charge in [-0.05, 0) is 68.3 Å². The van der Waals surface area contributed by atoms with E-state index in [1.807, 2.05) is 19.1 Å². The van der Waals surface area contributed by atoms with Crippen LogP contribution in [0.25, 0.3) is 5.69 Å². The number of halogens is 1. The van der Waals surface area contributed by atoms with E-state index in [1.54, 1.807) is 65.3 Å². The van der Waals surface area contributed by atoms with Gasteiger partial charge in [0.15, 0.2) is 5.69 Å². The number of nitriles is 1. The van der Waals surface area contributed by atoms with Gasteiger partial charge in [-0.2, -0.15) is 10.4 Å². The average molecular weight is 570 g/mol. The molecule has 0 atom stereocenters. The Morgan fingerprint density at radius 3 is 2.29 bits per heavy atom. The largest absolute Gasteiger partial charge is 0.494 e. The molecule has 8 nitrogen and oxygen atoms in total. The lowest BCUT2D eigenvalue weighted by molar-refractivity contribution is 0.0952. The van der Waals surface area contributed by atoms with E-state index in [1.165, 1.54) is 0 Å². The first-order chi connectivity index (χ1) is 19.9. The van der Waals surface area contributed by atoms with Crippen LogP contribution in [0.1, 0.15) is 63.7 Å². The van der Waals surface area contributed by atoms with Crippen molar-refractivity contribution in [2.45, 2.75) is 33.1 Å². The number of aryl methyl sites for hydroxylation is 1. The van der Waals surface area contributed by atoms with Gasteiger partial charge in [0.05, 0.1) is 12.3 Å². The Kier molecular flexibility index (Phi) is 10.1.